The van der Waals surface area contributed by atoms with E-state index in [0.29, 0.717) is 0 Å². The van der Waals surface area contributed by atoms with Gasteiger partial charge in [-0.1, -0.05) is 42.4 Å². The average molecular weight is 256 g/mol. The molecule has 4 heteroatoms. The maximum absolute atomic E-state index is 6.24. The molecule has 3 nitrogen and oxygen atoms in total. The molecule has 100 valence electrons. The minimum atomic E-state index is 0.00654. The minimum Gasteiger partial charge on any atom is -0.406 e. The van der Waals surface area contributed by atoms with Crippen LogP contribution in [0.15, 0.2) is 54.7 Å². The molecule has 0 fully saturated rings. The van der Waals surface area contributed by atoms with E-state index in [9.17, 15) is 0 Å². The molecule has 1 N–H and O–H groups in total. The fraction of sp³-hybridized carbons (Fsp3) is 0.333. The van der Waals surface area contributed by atoms with Gasteiger partial charge in [0.05, 0.1) is 6.10 Å². The molecule has 0 aliphatic carbocycles. The van der Waals surface area contributed by atoms with Crippen molar-refractivity contribution >= 4 is 7.05 Å². The van der Waals surface area contributed by atoms with Crippen LogP contribution in [0, 0.1) is 0 Å². The Labute approximate surface area is 116 Å². The lowest BCUT2D eigenvalue weighted by atomic mass is 9.78. The van der Waals surface area contributed by atoms with Gasteiger partial charge in [-0.05, 0) is 44.9 Å². The number of rotatable bonds is 6. The van der Waals surface area contributed by atoms with Gasteiger partial charge in [-0.3, -0.25) is 0 Å². The van der Waals surface area contributed by atoms with E-state index in [2.05, 4.69) is 40.4 Å². The Morgan fingerprint density at radius 1 is 1.26 bits per heavy atom. The molecule has 0 saturated heterocycles. The molecule has 1 heterocycles. The Bertz CT molecular complexity index is 433. The Morgan fingerprint density at radius 2 is 2.05 bits per heavy atom. The highest BCUT2D eigenvalue weighted by Crippen LogP contribution is 2.23. The van der Waals surface area contributed by atoms with Crippen LogP contribution in [0.1, 0.15) is 18.1 Å². The van der Waals surface area contributed by atoms with Gasteiger partial charge < -0.3 is 14.8 Å². The monoisotopic (exact) mass is 256 g/mol. The van der Waals surface area contributed by atoms with Crippen LogP contribution in [-0.4, -0.2) is 32.5 Å². The van der Waals surface area contributed by atoms with Crippen molar-refractivity contribution in [3.8, 4) is 0 Å². The minimum absolute atomic E-state index is 0.00654. The highest BCUT2D eigenvalue weighted by atomic mass is 16.5. The Morgan fingerprint density at radius 3 is 2.74 bits per heavy atom. The number of nitrogens with zero attached hydrogens (tertiary/aromatic N) is 1. The summed E-state index contributed by atoms with van der Waals surface area (Å²) in [6.45, 7) is 0.940. The first-order chi connectivity index (χ1) is 9.31. The molecule has 0 bridgehead atoms. The molecule has 1 aromatic rings. The lowest BCUT2D eigenvalue weighted by molar-refractivity contribution is 0.181. The summed E-state index contributed by atoms with van der Waals surface area (Å²) in [5, 5.41) is 3.19. The second kappa shape index (κ2) is 7.17. The molecule has 2 rings (SSSR count). The number of benzene rings is 1. The van der Waals surface area contributed by atoms with Crippen LogP contribution >= 0.6 is 0 Å². The van der Waals surface area contributed by atoms with E-state index in [1.54, 1.807) is 0 Å². The van der Waals surface area contributed by atoms with Crippen molar-refractivity contribution in [2.24, 2.45) is 0 Å². The molecule has 1 aliphatic rings. The third kappa shape index (κ3) is 3.98. The molecule has 0 radical (unpaired) electrons. The van der Waals surface area contributed by atoms with E-state index in [1.165, 1.54) is 5.56 Å². The number of hydrogen-bond donors (Lipinski definition) is 1. The predicted molar refractivity (Wildman–Crippen MR) is 80.6 cm³/mol. The van der Waals surface area contributed by atoms with E-state index in [1.807, 2.05) is 38.5 Å². The zero-order valence-electron chi connectivity index (χ0n) is 11.6. The maximum atomic E-state index is 6.24. The van der Waals surface area contributed by atoms with Crippen LogP contribution in [0.25, 0.3) is 0 Å². The molecule has 1 aliphatic heterocycles. The summed E-state index contributed by atoms with van der Waals surface area (Å²) >= 11 is 0. The van der Waals surface area contributed by atoms with Crippen LogP contribution in [0.3, 0.4) is 0 Å². The van der Waals surface area contributed by atoms with Gasteiger partial charge >= 0.3 is 7.05 Å². The van der Waals surface area contributed by atoms with E-state index in [4.69, 9.17) is 4.65 Å². The summed E-state index contributed by atoms with van der Waals surface area (Å²) in [4.78, 5) is 2.08. The van der Waals surface area contributed by atoms with Crippen LogP contribution in [0.2, 0.25) is 0 Å². The standard InChI is InChI=1S/C15H21BN2O/c1-17-12-10-15(14-8-4-3-5-9-14)19-16-11-6-7-13-18(16)2/h3-9,11,13,15,17H,10,12H2,1-2H3/t15-/m1/s1. The average Bonchev–Trinajstić information content (AvgIpc) is 2.46. The first-order valence-electron chi connectivity index (χ1n) is 6.73. The van der Waals surface area contributed by atoms with Crippen LogP contribution in [0.4, 0.5) is 0 Å². The third-order valence-corrected chi connectivity index (χ3v) is 3.24. The molecule has 1 atom stereocenters. The molecule has 0 unspecified atom stereocenters. The van der Waals surface area contributed by atoms with Crippen LogP contribution in [0.5, 0.6) is 0 Å². The van der Waals surface area contributed by atoms with E-state index in [-0.39, 0.29) is 13.2 Å². The predicted octanol–water partition coefficient (Wildman–Crippen LogP) is 2.40. The molecule has 0 amide bonds. The van der Waals surface area contributed by atoms with Crippen molar-refractivity contribution in [2.75, 3.05) is 20.6 Å². The topological polar surface area (TPSA) is 24.5 Å². The highest BCUT2D eigenvalue weighted by Gasteiger charge is 2.24. The van der Waals surface area contributed by atoms with Crippen LogP contribution in [-0.2, 0) is 4.65 Å². The fourth-order valence-electron chi connectivity index (χ4n) is 2.13. The van der Waals surface area contributed by atoms with Crippen molar-refractivity contribution in [1.82, 2.24) is 10.1 Å². The highest BCUT2D eigenvalue weighted by molar-refractivity contribution is 6.55. The summed E-state index contributed by atoms with van der Waals surface area (Å²) in [5.74, 6) is 2.08. The van der Waals surface area contributed by atoms with Crippen molar-refractivity contribution in [1.29, 1.82) is 0 Å². The molecular formula is C15H21BN2O. The maximum Gasteiger partial charge on any atom is 0.444 e. The summed E-state index contributed by atoms with van der Waals surface area (Å²) in [6, 6.07) is 10.4. The van der Waals surface area contributed by atoms with Gasteiger partial charge in [0.2, 0.25) is 0 Å². The van der Waals surface area contributed by atoms with Crippen LogP contribution < -0.4 is 5.32 Å². The van der Waals surface area contributed by atoms with Gasteiger partial charge in [-0.15, -0.1) is 0 Å². The van der Waals surface area contributed by atoms with E-state index in [0.717, 1.165) is 13.0 Å². The van der Waals surface area contributed by atoms with E-state index < -0.39 is 0 Å². The zero-order valence-corrected chi connectivity index (χ0v) is 11.6. The molecule has 0 spiro atoms. The SMILES string of the molecule is CNCC[C@@H](OB1C=CC=CN1C)c1ccccc1. The molecule has 0 saturated carbocycles. The molecule has 19 heavy (non-hydrogen) atoms. The number of hydrogen-bond acceptors (Lipinski definition) is 3. The largest absolute Gasteiger partial charge is 0.444 e. The number of allylic oxidation sites excluding steroid dienone is 2. The van der Waals surface area contributed by atoms with Gasteiger partial charge in [0.1, 0.15) is 0 Å². The lowest BCUT2D eigenvalue weighted by Crippen LogP contribution is -2.36. The lowest BCUT2D eigenvalue weighted by Gasteiger charge is -2.28. The summed E-state index contributed by atoms with van der Waals surface area (Å²) < 4.78 is 6.24. The summed E-state index contributed by atoms with van der Waals surface area (Å²) in [6.07, 6.45) is 7.15. The molecule has 0 aromatic heterocycles. The van der Waals surface area contributed by atoms with Gasteiger partial charge in [0, 0.05) is 0 Å². The van der Waals surface area contributed by atoms with Crippen molar-refractivity contribution in [2.45, 2.75) is 12.5 Å². The molecular weight excluding hydrogens is 235 g/mol. The number of nitrogens with one attached hydrogen (secondary N) is 1. The first kappa shape index (κ1) is 13.9. The zero-order chi connectivity index (χ0) is 13.5. The fourth-order valence-corrected chi connectivity index (χ4v) is 2.13. The Kier molecular flexibility index (Phi) is 5.25. The quantitative estimate of drug-likeness (QED) is 0.791. The Balaban J connectivity index is 2.06. The summed E-state index contributed by atoms with van der Waals surface area (Å²) in [5.41, 5.74) is 1.23. The normalized spacial score (nSPS) is 15.9. The van der Waals surface area contributed by atoms with Crippen molar-refractivity contribution in [3.63, 3.8) is 0 Å². The summed E-state index contributed by atoms with van der Waals surface area (Å²) in [7, 11) is 4.01. The van der Waals surface area contributed by atoms with Gasteiger partial charge in [-0.25, -0.2) is 0 Å². The smallest absolute Gasteiger partial charge is 0.406 e. The van der Waals surface area contributed by atoms with Gasteiger partial charge in [-0.2, -0.15) is 0 Å². The second-order valence-electron chi connectivity index (χ2n) is 4.71. The first-order valence-corrected chi connectivity index (χ1v) is 6.73. The van der Waals surface area contributed by atoms with Crippen molar-refractivity contribution in [3.05, 3.63) is 60.2 Å². The van der Waals surface area contributed by atoms with Crippen molar-refractivity contribution < 1.29 is 4.65 Å². The van der Waals surface area contributed by atoms with Gasteiger partial charge in [0.25, 0.3) is 0 Å². The van der Waals surface area contributed by atoms with Gasteiger partial charge in [0.15, 0.2) is 0 Å². The second-order valence-corrected chi connectivity index (χ2v) is 4.71. The van der Waals surface area contributed by atoms with E-state index >= 15 is 0 Å². The molecule has 1 aromatic carbocycles. The third-order valence-electron chi connectivity index (χ3n) is 3.24. The Hall–Kier alpha value is -1.52.